The van der Waals surface area contributed by atoms with Crippen molar-refractivity contribution in [1.29, 1.82) is 0 Å². The van der Waals surface area contributed by atoms with Gasteiger partial charge in [-0.15, -0.1) is 0 Å². The number of nitrogens with zero attached hydrogens (tertiary/aromatic N) is 3. The minimum absolute atomic E-state index is 0.0420. The van der Waals surface area contributed by atoms with Crippen molar-refractivity contribution in [1.82, 2.24) is 20.0 Å². The van der Waals surface area contributed by atoms with Gasteiger partial charge in [0.25, 0.3) is 5.91 Å². The van der Waals surface area contributed by atoms with Gasteiger partial charge in [-0.25, -0.2) is 4.39 Å². The fourth-order valence-corrected chi connectivity index (χ4v) is 4.12. The Labute approximate surface area is 172 Å². The number of hydrogen-bond donors (Lipinski definition) is 1. The summed E-state index contributed by atoms with van der Waals surface area (Å²) in [6.07, 6.45) is 4.35. The number of benzene rings is 2. The van der Waals surface area contributed by atoms with Gasteiger partial charge in [0.05, 0.1) is 5.56 Å². The molecule has 1 saturated heterocycles. The summed E-state index contributed by atoms with van der Waals surface area (Å²) in [7, 11) is 0. The zero-order valence-electron chi connectivity index (χ0n) is 16.3. The van der Waals surface area contributed by atoms with Crippen molar-refractivity contribution >= 4 is 16.8 Å². The van der Waals surface area contributed by atoms with Gasteiger partial charge in [-0.05, 0) is 55.2 Å². The number of nitrogens with one attached hydrogen (secondary N) is 1. The lowest BCUT2D eigenvalue weighted by Gasteiger charge is -2.32. The minimum atomic E-state index is -0.376. The molecule has 5 rings (SSSR count). The molecule has 1 aliphatic heterocycles. The lowest BCUT2D eigenvalue weighted by molar-refractivity contribution is 0.0668. The van der Waals surface area contributed by atoms with Crippen molar-refractivity contribution in [3.05, 3.63) is 72.0 Å². The molecule has 1 aliphatic rings. The molecule has 0 spiro atoms. The maximum Gasteiger partial charge on any atom is 0.253 e. The normalized spacial score (nSPS) is 16.8. The van der Waals surface area contributed by atoms with Gasteiger partial charge in [0.2, 0.25) is 11.7 Å². The van der Waals surface area contributed by atoms with E-state index in [1.807, 2.05) is 35.4 Å². The molecule has 1 atom stereocenters. The first-order valence-electron chi connectivity index (χ1n) is 10.1. The predicted octanol–water partition coefficient (Wildman–Crippen LogP) is 4.45. The molecule has 30 heavy (non-hydrogen) atoms. The highest BCUT2D eigenvalue weighted by Crippen LogP contribution is 2.25. The largest absolute Gasteiger partial charge is 0.361 e. The average Bonchev–Trinajstić information content (AvgIpc) is 3.42. The molecule has 0 aliphatic carbocycles. The van der Waals surface area contributed by atoms with E-state index in [-0.39, 0.29) is 23.5 Å². The SMILES string of the molecule is O=C(c1ccc2[nH]ccc2c1)N1CCCC(Cc2nc(-c3ccccc3F)no2)C1. The summed E-state index contributed by atoms with van der Waals surface area (Å²) < 4.78 is 19.3. The zero-order valence-corrected chi connectivity index (χ0v) is 16.3. The summed E-state index contributed by atoms with van der Waals surface area (Å²) in [4.78, 5) is 22.4. The standard InChI is InChI=1S/C23H21FN4O2/c24-19-6-2-1-5-18(19)22-26-21(30-27-22)12-15-4-3-11-28(14-15)23(29)17-7-8-20-16(13-17)9-10-25-20/h1-2,5-10,13,15,25H,3-4,11-12,14H2. The number of hydrogen-bond acceptors (Lipinski definition) is 4. The maximum atomic E-state index is 14.0. The molecule has 2 aromatic heterocycles. The molecule has 2 aromatic carbocycles. The van der Waals surface area contributed by atoms with Crippen LogP contribution in [0.5, 0.6) is 0 Å². The molecule has 152 valence electrons. The Hall–Kier alpha value is -3.48. The second-order valence-corrected chi connectivity index (χ2v) is 7.73. The van der Waals surface area contributed by atoms with E-state index in [1.165, 1.54) is 6.07 Å². The molecule has 1 unspecified atom stereocenters. The van der Waals surface area contributed by atoms with E-state index >= 15 is 0 Å². The van der Waals surface area contributed by atoms with Gasteiger partial charge < -0.3 is 14.4 Å². The van der Waals surface area contributed by atoms with E-state index in [0.29, 0.717) is 30.0 Å². The third-order valence-corrected chi connectivity index (χ3v) is 5.65. The molecule has 0 radical (unpaired) electrons. The van der Waals surface area contributed by atoms with Crippen molar-refractivity contribution in [2.24, 2.45) is 5.92 Å². The summed E-state index contributed by atoms with van der Waals surface area (Å²) in [5.41, 5.74) is 2.04. The number of piperidine rings is 1. The molecule has 4 aromatic rings. The Kier molecular flexibility index (Phi) is 4.78. The van der Waals surface area contributed by atoms with Crippen molar-refractivity contribution in [2.45, 2.75) is 19.3 Å². The van der Waals surface area contributed by atoms with Crippen molar-refractivity contribution in [3.63, 3.8) is 0 Å². The minimum Gasteiger partial charge on any atom is -0.361 e. The molecule has 0 bridgehead atoms. The van der Waals surface area contributed by atoms with Crippen LogP contribution in [0.15, 0.2) is 59.3 Å². The average molecular weight is 404 g/mol. The molecule has 6 nitrogen and oxygen atoms in total. The number of H-pyrrole nitrogens is 1. The van der Waals surface area contributed by atoms with E-state index in [1.54, 1.807) is 18.2 Å². The van der Waals surface area contributed by atoms with E-state index in [0.717, 1.165) is 30.3 Å². The van der Waals surface area contributed by atoms with Crippen molar-refractivity contribution in [3.8, 4) is 11.4 Å². The summed E-state index contributed by atoms with van der Waals surface area (Å²) in [6, 6.07) is 14.1. The van der Waals surface area contributed by atoms with Crippen LogP contribution in [0.3, 0.4) is 0 Å². The molecule has 1 fully saturated rings. The number of carbonyl (C=O) groups is 1. The van der Waals surface area contributed by atoms with Crippen LogP contribution in [0, 0.1) is 11.7 Å². The Bertz CT molecular complexity index is 1200. The number of fused-ring (bicyclic) bond motifs is 1. The number of carbonyl (C=O) groups excluding carboxylic acids is 1. The Morgan fingerprint density at radius 3 is 3.03 bits per heavy atom. The third-order valence-electron chi connectivity index (χ3n) is 5.65. The van der Waals surface area contributed by atoms with E-state index in [2.05, 4.69) is 15.1 Å². The molecule has 1 N–H and O–H groups in total. The number of aromatic nitrogens is 3. The third kappa shape index (κ3) is 3.58. The van der Waals surface area contributed by atoms with Crippen molar-refractivity contribution in [2.75, 3.05) is 13.1 Å². The van der Waals surface area contributed by atoms with E-state index in [4.69, 9.17) is 4.52 Å². The van der Waals surface area contributed by atoms with Crippen LogP contribution in [0.2, 0.25) is 0 Å². The zero-order chi connectivity index (χ0) is 20.5. The Morgan fingerprint density at radius 1 is 1.23 bits per heavy atom. The first-order valence-corrected chi connectivity index (χ1v) is 10.1. The first kappa shape index (κ1) is 18.5. The predicted molar refractivity (Wildman–Crippen MR) is 110 cm³/mol. The molecule has 1 amide bonds. The van der Waals surface area contributed by atoms with Crippen LogP contribution < -0.4 is 0 Å². The van der Waals surface area contributed by atoms with Crippen LogP contribution in [0.25, 0.3) is 22.3 Å². The van der Waals surface area contributed by atoms with Gasteiger partial charge in [-0.2, -0.15) is 4.98 Å². The fraction of sp³-hybridized carbons (Fsp3) is 0.261. The molecular formula is C23H21FN4O2. The van der Waals surface area contributed by atoms with Gasteiger partial charge >= 0.3 is 0 Å². The lowest BCUT2D eigenvalue weighted by Crippen LogP contribution is -2.40. The van der Waals surface area contributed by atoms with Gasteiger partial charge in [-0.1, -0.05) is 17.3 Å². The van der Waals surface area contributed by atoms with Crippen LogP contribution >= 0.6 is 0 Å². The van der Waals surface area contributed by atoms with Crippen molar-refractivity contribution < 1.29 is 13.7 Å². The highest BCUT2D eigenvalue weighted by atomic mass is 19.1. The van der Waals surface area contributed by atoms with Crippen LogP contribution in [0.4, 0.5) is 4.39 Å². The van der Waals surface area contributed by atoms with Crippen LogP contribution in [0.1, 0.15) is 29.1 Å². The summed E-state index contributed by atoms with van der Waals surface area (Å²) in [6.45, 7) is 1.38. The monoisotopic (exact) mass is 404 g/mol. The highest BCUT2D eigenvalue weighted by molar-refractivity contribution is 5.98. The van der Waals surface area contributed by atoms with Gasteiger partial charge in [0.15, 0.2) is 0 Å². The maximum absolute atomic E-state index is 14.0. The van der Waals surface area contributed by atoms with Gasteiger partial charge in [0, 0.05) is 42.2 Å². The molecule has 3 heterocycles. The first-order chi connectivity index (χ1) is 14.7. The number of halogens is 1. The topological polar surface area (TPSA) is 75.0 Å². The number of aromatic amines is 1. The van der Waals surface area contributed by atoms with E-state index < -0.39 is 0 Å². The number of rotatable bonds is 4. The molecular weight excluding hydrogens is 383 g/mol. The summed E-state index contributed by atoms with van der Waals surface area (Å²) >= 11 is 0. The van der Waals surface area contributed by atoms with Gasteiger partial charge in [0.1, 0.15) is 5.82 Å². The number of amides is 1. The molecule has 7 heteroatoms. The summed E-state index contributed by atoms with van der Waals surface area (Å²) in [5, 5.41) is 4.96. The molecule has 0 saturated carbocycles. The smallest absolute Gasteiger partial charge is 0.253 e. The second kappa shape index (κ2) is 7.74. The van der Waals surface area contributed by atoms with E-state index in [9.17, 15) is 9.18 Å². The quantitative estimate of drug-likeness (QED) is 0.545. The van der Waals surface area contributed by atoms with Crippen LogP contribution in [-0.2, 0) is 6.42 Å². The Morgan fingerprint density at radius 2 is 2.13 bits per heavy atom. The van der Waals surface area contributed by atoms with Gasteiger partial charge in [-0.3, -0.25) is 4.79 Å². The fourth-order valence-electron chi connectivity index (χ4n) is 4.12. The second-order valence-electron chi connectivity index (χ2n) is 7.73. The number of likely N-dealkylation sites (tertiary alicyclic amines) is 1. The Balaban J connectivity index is 1.28. The van der Waals surface area contributed by atoms with Crippen LogP contribution in [-0.4, -0.2) is 39.0 Å². The highest BCUT2D eigenvalue weighted by Gasteiger charge is 2.26. The lowest BCUT2D eigenvalue weighted by atomic mass is 9.94. The summed E-state index contributed by atoms with van der Waals surface area (Å²) in [5.74, 6) is 0.625.